The van der Waals surface area contributed by atoms with Gasteiger partial charge in [0, 0.05) is 20.2 Å². The lowest BCUT2D eigenvalue weighted by molar-refractivity contribution is -0.151. The van der Waals surface area contributed by atoms with Crippen LogP contribution in [0.3, 0.4) is 0 Å². The Kier molecular flexibility index (Phi) is 5.71. The monoisotopic (exact) mass is 337 g/mol. The number of carbonyl (C=O) groups is 2. The first kappa shape index (κ1) is 18.1. The number of hydrogen-bond donors (Lipinski definition) is 1. The van der Waals surface area contributed by atoms with E-state index in [4.69, 9.17) is 4.74 Å². The number of carboxylic acids is 1. The molecule has 2 rings (SSSR count). The van der Waals surface area contributed by atoms with Gasteiger partial charge in [-0.3, -0.25) is 9.59 Å². The van der Waals surface area contributed by atoms with Crippen LogP contribution in [0.1, 0.15) is 42.6 Å². The maximum absolute atomic E-state index is 12.7. The summed E-state index contributed by atoms with van der Waals surface area (Å²) in [5.74, 6) is -1.49. The van der Waals surface area contributed by atoms with Gasteiger partial charge in [-0.2, -0.15) is 5.10 Å². The van der Waals surface area contributed by atoms with E-state index in [0.29, 0.717) is 19.4 Å². The Hall–Kier alpha value is -2.22. The number of carboxylic acid groups (broad SMARTS) is 1. The van der Waals surface area contributed by atoms with Crippen molar-refractivity contribution in [3.63, 3.8) is 0 Å². The molecule has 1 fully saturated rings. The van der Waals surface area contributed by atoms with Crippen molar-refractivity contribution in [1.29, 1.82) is 0 Å². The highest BCUT2D eigenvalue weighted by Gasteiger charge is 2.45. The van der Waals surface area contributed by atoms with Gasteiger partial charge in [0.1, 0.15) is 11.2 Å². The van der Waals surface area contributed by atoms with Gasteiger partial charge in [0.15, 0.2) is 0 Å². The highest BCUT2D eigenvalue weighted by atomic mass is 16.5. The molecule has 0 atom stereocenters. The quantitative estimate of drug-likeness (QED) is 0.822. The molecule has 1 saturated carbocycles. The van der Waals surface area contributed by atoms with Gasteiger partial charge >= 0.3 is 5.97 Å². The maximum Gasteiger partial charge on any atom is 0.329 e. The summed E-state index contributed by atoms with van der Waals surface area (Å²) < 4.78 is 6.07. The number of ether oxygens (including phenoxy) is 1. The van der Waals surface area contributed by atoms with E-state index in [0.717, 1.165) is 23.9 Å². The number of nitrogens with zero attached hydrogens (tertiary/aromatic N) is 3. The van der Waals surface area contributed by atoms with Gasteiger partial charge in [0.05, 0.1) is 13.2 Å². The predicted molar refractivity (Wildman–Crippen MR) is 85.9 cm³/mol. The molecule has 24 heavy (non-hydrogen) atoms. The van der Waals surface area contributed by atoms with Gasteiger partial charge in [-0.15, -0.1) is 0 Å². The Morgan fingerprint density at radius 3 is 2.58 bits per heavy atom. The SMILES string of the molecule is COCCn1nc(C(=O)N(C)C2(C(=O)O)CCCCC2)ccc1=O. The lowest BCUT2D eigenvalue weighted by Gasteiger charge is -2.40. The van der Waals surface area contributed by atoms with E-state index in [1.165, 1.54) is 31.2 Å². The van der Waals surface area contributed by atoms with Crippen molar-refractivity contribution in [3.05, 3.63) is 28.2 Å². The summed E-state index contributed by atoms with van der Waals surface area (Å²) in [7, 11) is 3.00. The molecule has 0 aromatic carbocycles. The number of carbonyl (C=O) groups excluding carboxylic acids is 1. The Morgan fingerprint density at radius 1 is 1.33 bits per heavy atom. The van der Waals surface area contributed by atoms with Crippen molar-refractivity contribution in [3.8, 4) is 0 Å². The number of hydrogen-bond acceptors (Lipinski definition) is 5. The van der Waals surface area contributed by atoms with E-state index >= 15 is 0 Å². The van der Waals surface area contributed by atoms with Gasteiger partial charge in [0.25, 0.3) is 11.5 Å². The fraction of sp³-hybridized carbons (Fsp3) is 0.625. The molecule has 0 spiro atoms. The van der Waals surface area contributed by atoms with Gasteiger partial charge in [-0.05, 0) is 18.9 Å². The van der Waals surface area contributed by atoms with Crippen molar-refractivity contribution in [2.75, 3.05) is 20.8 Å². The standard InChI is InChI=1S/C16H23N3O5/c1-18(16(15(22)23)8-4-3-5-9-16)14(21)12-6-7-13(20)19(17-12)10-11-24-2/h6-7H,3-5,8-11H2,1-2H3,(H,22,23). The van der Waals surface area contributed by atoms with Gasteiger partial charge in [-0.1, -0.05) is 19.3 Å². The summed E-state index contributed by atoms with van der Waals surface area (Å²) >= 11 is 0. The van der Waals surface area contributed by atoms with Crippen molar-refractivity contribution in [2.24, 2.45) is 0 Å². The number of aromatic nitrogens is 2. The molecule has 0 saturated heterocycles. The summed E-state index contributed by atoms with van der Waals surface area (Å²) in [5.41, 5.74) is -1.49. The Bertz CT molecular complexity index is 664. The molecule has 0 bridgehead atoms. The topological polar surface area (TPSA) is 102 Å². The average molecular weight is 337 g/mol. The fourth-order valence-electron chi connectivity index (χ4n) is 3.10. The van der Waals surface area contributed by atoms with Crippen molar-refractivity contribution in [1.82, 2.24) is 14.7 Å². The second-order valence-corrected chi connectivity index (χ2v) is 6.03. The number of likely N-dealkylation sites (N-methyl/N-ethyl adjacent to an activating group) is 1. The minimum Gasteiger partial charge on any atom is -0.479 e. The van der Waals surface area contributed by atoms with Crippen LogP contribution >= 0.6 is 0 Å². The number of rotatable bonds is 6. The fourth-order valence-corrected chi connectivity index (χ4v) is 3.10. The summed E-state index contributed by atoms with van der Waals surface area (Å²) in [6, 6.07) is 2.60. The van der Waals surface area contributed by atoms with E-state index in [9.17, 15) is 19.5 Å². The van der Waals surface area contributed by atoms with Crippen LogP contribution in [-0.2, 0) is 16.1 Å². The lowest BCUT2D eigenvalue weighted by atomic mass is 9.80. The van der Waals surface area contributed by atoms with Crippen LogP contribution < -0.4 is 5.56 Å². The first-order valence-electron chi connectivity index (χ1n) is 8.01. The molecule has 8 heteroatoms. The van der Waals surface area contributed by atoms with Crippen LogP contribution in [0.2, 0.25) is 0 Å². The molecule has 1 aliphatic rings. The Balaban J connectivity index is 2.29. The maximum atomic E-state index is 12.7. The summed E-state index contributed by atoms with van der Waals surface area (Å²) in [5, 5.41) is 13.7. The van der Waals surface area contributed by atoms with E-state index in [2.05, 4.69) is 5.10 Å². The summed E-state index contributed by atoms with van der Waals surface area (Å²) in [6.45, 7) is 0.518. The molecular formula is C16H23N3O5. The molecule has 1 aromatic rings. The van der Waals surface area contributed by atoms with Gasteiger partial charge in [-0.25, -0.2) is 9.48 Å². The van der Waals surface area contributed by atoms with Crippen molar-refractivity contribution in [2.45, 2.75) is 44.2 Å². The lowest BCUT2D eigenvalue weighted by Crippen LogP contribution is -2.56. The zero-order chi connectivity index (χ0) is 17.7. The first-order chi connectivity index (χ1) is 11.4. The second-order valence-electron chi connectivity index (χ2n) is 6.03. The highest BCUT2D eigenvalue weighted by molar-refractivity contribution is 5.96. The molecule has 1 aliphatic carbocycles. The van der Waals surface area contributed by atoms with Gasteiger partial charge < -0.3 is 14.7 Å². The van der Waals surface area contributed by atoms with Gasteiger partial charge in [0.2, 0.25) is 0 Å². The predicted octanol–water partition coefficient (Wildman–Crippen LogP) is 0.749. The highest BCUT2D eigenvalue weighted by Crippen LogP contribution is 2.33. The number of aliphatic carboxylic acids is 1. The minimum absolute atomic E-state index is 0.0550. The third-order valence-electron chi connectivity index (χ3n) is 4.62. The summed E-state index contributed by atoms with van der Waals surface area (Å²) in [6.07, 6.45) is 3.36. The van der Waals surface area contributed by atoms with Crippen LogP contribution in [0.15, 0.2) is 16.9 Å². The zero-order valence-corrected chi connectivity index (χ0v) is 14.0. The van der Waals surface area contributed by atoms with E-state index in [1.54, 1.807) is 0 Å². The number of amides is 1. The molecule has 0 radical (unpaired) electrons. The van der Waals surface area contributed by atoms with Crippen molar-refractivity contribution >= 4 is 11.9 Å². The Labute approximate surface area is 140 Å². The van der Waals surface area contributed by atoms with E-state index in [1.807, 2.05) is 0 Å². The molecule has 1 N–H and O–H groups in total. The molecule has 1 heterocycles. The minimum atomic E-state index is -1.20. The zero-order valence-electron chi connectivity index (χ0n) is 14.0. The largest absolute Gasteiger partial charge is 0.479 e. The number of methoxy groups -OCH3 is 1. The smallest absolute Gasteiger partial charge is 0.329 e. The van der Waals surface area contributed by atoms with Crippen LogP contribution in [0.25, 0.3) is 0 Å². The molecule has 1 amide bonds. The van der Waals surface area contributed by atoms with Crippen molar-refractivity contribution < 1.29 is 19.4 Å². The molecule has 0 aliphatic heterocycles. The summed E-state index contributed by atoms with van der Waals surface area (Å²) in [4.78, 5) is 37.6. The Morgan fingerprint density at radius 2 is 2.00 bits per heavy atom. The normalized spacial score (nSPS) is 16.6. The molecule has 132 valence electrons. The van der Waals surface area contributed by atoms with Crippen LogP contribution in [0, 0.1) is 0 Å². The van der Waals surface area contributed by atoms with Crippen LogP contribution in [0.5, 0.6) is 0 Å². The molecule has 1 aromatic heterocycles. The van der Waals surface area contributed by atoms with E-state index < -0.39 is 17.4 Å². The third-order valence-corrected chi connectivity index (χ3v) is 4.62. The van der Waals surface area contributed by atoms with Crippen LogP contribution in [-0.4, -0.2) is 58.0 Å². The van der Waals surface area contributed by atoms with E-state index in [-0.39, 0.29) is 17.8 Å². The van der Waals surface area contributed by atoms with Crippen LogP contribution in [0.4, 0.5) is 0 Å². The second kappa shape index (κ2) is 7.57. The average Bonchev–Trinajstić information content (AvgIpc) is 2.60. The molecule has 8 nitrogen and oxygen atoms in total. The molecule has 0 unspecified atom stereocenters. The third kappa shape index (κ3) is 3.48. The first-order valence-corrected chi connectivity index (χ1v) is 8.01. The molecular weight excluding hydrogens is 314 g/mol.